The molecule has 5 aliphatic rings. The van der Waals surface area contributed by atoms with Crippen LogP contribution in [0.1, 0.15) is 51.9 Å². The van der Waals surface area contributed by atoms with Crippen LogP contribution < -0.4 is 0 Å². The third-order valence-corrected chi connectivity index (χ3v) is 6.99. The summed E-state index contributed by atoms with van der Waals surface area (Å²) in [5, 5.41) is 0. The van der Waals surface area contributed by atoms with Crippen LogP contribution in [-0.2, 0) is 33.3 Å². The number of ether oxygens (including phenoxy) is 5. The van der Waals surface area contributed by atoms with Crippen molar-refractivity contribution in [1.82, 2.24) is 0 Å². The van der Waals surface area contributed by atoms with Crippen LogP contribution in [0.3, 0.4) is 0 Å². The second-order valence-corrected chi connectivity index (χ2v) is 8.94. The lowest BCUT2D eigenvalue weighted by molar-refractivity contribution is -0.204. The number of methoxy groups -OCH3 is 1. The Kier molecular flexibility index (Phi) is 5.95. The van der Waals surface area contributed by atoms with Gasteiger partial charge in [0.2, 0.25) is 0 Å². The molecule has 158 valence electrons. The SMILES string of the molecule is CCC(COC)(COC(=O)C1CCC2OC2C1)COC(=O)C1CCC2CC1O2. The molecule has 5 fully saturated rings. The lowest BCUT2D eigenvalue weighted by Crippen LogP contribution is -2.51. The fourth-order valence-corrected chi connectivity index (χ4v) is 4.79. The normalized spacial score (nSPS) is 37.8. The Hall–Kier alpha value is -1.18. The molecule has 0 radical (unpaired) electrons. The van der Waals surface area contributed by atoms with E-state index in [4.69, 9.17) is 23.7 Å². The molecule has 3 aliphatic heterocycles. The van der Waals surface area contributed by atoms with E-state index in [9.17, 15) is 9.59 Å². The number of fused-ring (bicyclic) bond motifs is 3. The highest BCUT2D eigenvalue weighted by molar-refractivity contribution is 5.74. The summed E-state index contributed by atoms with van der Waals surface area (Å²) >= 11 is 0. The maximum absolute atomic E-state index is 12.6. The maximum atomic E-state index is 12.6. The molecular formula is C21H32O7. The quantitative estimate of drug-likeness (QED) is 0.437. The first-order valence-electron chi connectivity index (χ1n) is 10.7. The van der Waals surface area contributed by atoms with Crippen molar-refractivity contribution in [2.75, 3.05) is 26.9 Å². The Bertz CT molecular complexity index is 585. The van der Waals surface area contributed by atoms with E-state index in [0.29, 0.717) is 25.2 Å². The predicted octanol–water partition coefficient (Wildman–Crippen LogP) is 2.25. The van der Waals surface area contributed by atoms with Gasteiger partial charge in [-0.25, -0.2) is 0 Å². The van der Waals surface area contributed by atoms with Gasteiger partial charge in [0, 0.05) is 13.5 Å². The summed E-state index contributed by atoms with van der Waals surface area (Å²) in [6, 6.07) is 0. The van der Waals surface area contributed by atoms with E-state index in [1.54, 1.807) is 7.11 Å². The summed E-state index contributed by atoms with van der Waals surface area (Å²) in [5.41, 5.74) is -0.523. The predicted molar refractivity (Wildman–Crippen MR) is 98.5 cm³/mol. The van der Waals surface area contributed by atoms with Gasteiger partial charge in [-0.2, -0.15) is 0 Å². The van der Waals surface area contributed by atoms with Crippen LogP contribution in [0.5, 0.6) is 0 Å². The average molecular weight is 396 g/mol. The van der Waals surface area contributed by atoms with Crippen LogP contribution in [-0.4, -0.2) is 63.3 Å². The molecule has 7 nitrogen and oxygen atoms in total. The summed E-state index contributed by atoms with van der Waals surface area (Å²) in [5.74, 6) is -0.629. The molecule has 0 spiro atoms. The molecule has 0 aromatic rings. The number of esters is 2. The summed E-state index contributed by atoms with van der Waals surface area (Å²) in [7, 11) is 1.61. The molecule has 0 aromatic heterocycles. The minimum absolute atomic E-state index is 0.0160. The highest BCUT2D eigenvalue weighted by Crippen LogP contribution is 2.41. The third kappa shape index (κ3) is 4.21. The second kappa shape index (κ2) is 8.28. The van der Waals surface area contributed by atoms with Crippen molar-refractivity contribution >= 4 is 11.9 Å². The van der Waals surface area contributed by atoms with Gasteiger partial charge in [0.15, 0.2) is 0 Å². The molecule has 5 rings (SSSR count). The Morgan fingerprint density at radius 1 is 0.893 bits per heavy atom. The molecule has 7 unspecified atom stereocenters. The van der Waals surface area contributed by atoms with Gasteiger partial charge in [-0.15, -0.1) is 0 Å². The number of hydrogen-bond acceptors (Lipinski definition) is 7. The van der Waals surface area contributed by atoms with Crippen molar-refractivity contribution < 1.29 is 33.3 Å². The molecule has 2 saturated carbocycles. The molecule has 3 heterocycles. The van der Waals surface area contributed by atoms with E-state index in [1.807, 2.05) is 6.92 Å². The highest BCUT2D eigenvalue weighted by Gasteiger charge is 2.47. The molecule has 28 heavy (non-hydrogen) atoms. The number of carbonyl (C=O) groups is 2. The summed E-state index contributed by atoms with van der Waals surface area (Å²) < 4.78 is 27.9. The minimum atomic E-state index is -0.523. The molecule has 2 bridgehead atoms. The fraction of sp³-hybridized carbons (Fsp3) is 0.905. The van der Waals surface area contributed by atoms with Gasteiger partial charge >= 0.3 is 11.9 Å². The van der Waals surface area contributed by atoms with Crippen LogP contribution in [0.25, 0.3) is 0 Å². The third-order valence-electron chi connectivity index (χ3n) is 6.99. The molecular weight excluding hydrogens is 364 g/mol. The van der Waals surface area contributed by atoms with E-state index in [-0.39, 0.29) is 49.2 Å². The van der Waals surface area contributed by atoms with Crippen molar-refractivity contribution in [2.45, 2.75) is 76.3 Å². The van der Waals surface area contributed by atoms with Gasteiger partial charge in [-0.05, 0) is 38.5 Å². The number of rotatable bonds is 9. The standard InChI is InChI=1S/C21H32O7/c1-3-21(10-24-2,11-25-19(22)13-4-7-16-18(8-13)28-16)12-26-20(23)15-6-5-14-9-17(15)27-14/h13-18H,3-12H2,1-2H3. The summed E-state index contributed by atoms with van der Waals surface area (Å²) in [6.07, 6.45) is 6.88. The zero-order valence-electron chi connectivity index (χ0n) is 16.9. The number of hydrogen-bond donors (Lipinski definition) is 0. The summed E-state index contributed by atoms with van der Waals surface area (Å²) in [4.78, 5) is 25.1. The Morgan fingerprint density at radius 2 is 1.64 bits per heavy atom. The topological polar surface area (TPSA) is 83.6 Å². The van der Waals surface area contributed by atoms with Crippen LogP contribution in [0, 0.1) is 17.3 Å². The zero-order valence-corrected chi connectivity index (χ0v) is 16.9. The summed E-state index contributed by atoms with van der Waals surface area (Å²) in [6.45, 7) is 2.76. The van der Waals surface area contributed by atoms with E-state index in [0.717, 1.165) is 38.5 Å². The largest absolute Gasteiger partial charge is 0.465 e. The van der Waals surface area contributed by atoms with Gasteiger partial charge in [0.25, 0.3) is 0 Å². The highest BCUT2D eigenvalue weighted by atomic mass is 16.6. The molecule has 0 amide bonds. The first-order valence-corrected chi connectivity index (χ1v) is 10.7. The van der Waals surface area contributed by atoms with Crippen LogP contribution in [0.2, 0.25) is 0 Å². The Morgan fingerprint density at radius 3 is 2.25 bits per heavy atom. The Balaban J connectivity index is 1.28. The van der Waals surface area contributed by atoms with Crippen molar-refractivity contribution in [3.05, 3.63) is 0 Å². The number of epoxide rings is 1. The Labute approximate surface area is 166 Å². The monoisotopic (exact) mass is 396 g/mol. The van der Waals surface area contributed by atoms with E-state index < -0.39 is 5.41 Å². The van der Waals surface area contributed by atoms with Crippen LogP contribution >= 0.6 is 0 Å². The maximum Gasteiger partial charge on any atom is 0.311 e. The van der Waals surface area contributed by atoms with Crippen molar-refractivity contribution in [1.29, 1.82) is 0 Å². The van der Waals surface area contributed by atoms with Gasteiger partial charge in [-0.1, -0.05) is 6.92 Å². The van der Waals surface area contributed by atoms with E-state index in [1.165, 1.54) is 0 Å². The molecule has 7 atom stereocenters. The fourth-order valence-electron chi connectivity index (χ4n) is 4.79. The smallest absolute Gasteiger partial charge is 0.311 e. The van der Waals surface area contributed by atoms with Crippen molar-refractivity contribution in [3.63, 3.8) is 0 Å². The average Bonchev–Trinajstić information content (AvgIpc) is 3.48. The zero-order chi connectivity index (χ0) is 19.7. The molecule has 0 N–H and O–H groups in total. The van der Waals surface area contributed by atoms with Crippen molar-refractivity contribution in [3.8, 4) is 0 Å². The van der Waals surface area contributed by atoms with E-state index >= 15 is 0 Å². The second-order valence-electron chi connectivity index (χ2n) is 8.94. The number of carbonyl (C=O) groups excluding carboxylic acids is 2. The molecule has 3 saturated heterocycles. The van der Waals surface area contributed by atoms with Crippen molar-refractivity contribution in [2.24, 2.45) is 17.3 Å². The van der Waals surface area contributed by atoms with E-state index in [2.05, 4.69) is 0 Å². The molecule has 7 heteroatoms. The van der Waals surface area contributed by atoms with Crippen LogP contribution in [0.15, 0.2) is 0 Å². The lowest BCUT2D eigenvalue weighted by Gasteiger charge is -2.45. The first kappa shape index (κ1) is 20.1. The molecule has 2 aliphatic carbocycles. The first-order chi connectivity index (χ1) is 13.5. The minimum Gasteiger partial charge on any atom is -0.465 e. The lowest BCUT2D eigenvalue weighted by atomic mass is 9.80. The van der Waals surface area contributed by atoms with Gasteiger partial charge < -0.3 is 23.7 Å². The van der Waals surface area contributed by atoms with Gasteiger partial charge in [-0.3, -0.25) is 9.59 Å². The van der Waals surface area contributed by atoms with Gasteiger partial charge in [0.05, 0.1) is 48.3 Å². The van der Waals surface area contributed by atoms with Gasteiger partial charge in [0.1, 0.15) is 13.2 Å². The van der Waals surface area contributed by atoms with Crippen LogP contribution in [0.4, 0.5) is 0 Å². The molecule has 0 aromatic carbocycles.